The number of amides is 3. The SMILES string of the molecule is CC(C)(C)OC(=O)CC(Cc1cccc(C(=O)NCC(=O)CC[C@H](NC(=O)c2c(Cl)cccc2Cl)C(=O)OC2CCCC2)c1)=NC(=O)OC(C)(C)C. The maximum atomic E-state index is 13.1. The molecule has 0 saturated heterocycles. The van der Waals surface area contributed by atoms with Crippen molar-refractivity contribution in [3.8, 4) is 0 Å². The van der Waals surface area contributed by atoms with Crippen molar-refractivity contribution in [3.63, 3.8) is 0 Å². The maximum absolute atomic E-state index is 13.1. The van der Waals surface area contributed by atoms with Crippen molar-refractivity contribution in [2.45, 2.75) is 116 Å². The number of nitrogens with zero attached hydrogens (tertiary/aromatic N) is 1. The number of halogens is 2. The lowest BCUT2D eigenvalue weighted by atomic mass is 10.0. The van der Waals surface area contributed by atoms with Crippen LogP contribution in [0.4, 0.5) is 4.79 Å². The summed E-state index contributed by atoms with van der Waals surface area (Å²) >= 11 is 12.4. The summed E-state index contributed by atoms with van der Waals surface area (Å²) in [5.41, 5.74) is -0.573. The van der Waals surface area contributed by atoms with Crippen LogP contribution in [0.25, 0.3) is 0 Å². The highest BCUT2D eigenvalue weighted by Crippen LogP contribution is 2.25. The van der Waals surface area contributed by atoms with Gasteiger partial charge in [-0.15, -0.1) is 0 Å². The largest absolute Gasteiger partial charge is 0.461 e. The second-order valence-electron chi connectivity index (χ2n) is 14.5. The minimum atomic E-state index is -1.16. The van der Waals surface area contributed by atoms with E-state index in [4.69, 9.17) is 37.4 Å². The Kier molecular flexibility index (Phi) is 15.4. The molecule has 2 N–H and O–H groups in total. The van der Waals surface area contributed by atoms with E-state index in [1.54, 1.807) is 71.9 Å². The molecule has 52 heavy (non-hydrogen) atoms. The van der Waals surface area contributed by atoms with Gasteiger partial charge in [0.15, 0.2) is 5.78 Å². The molecule has 0 heterocycles. The first-order chi connectivity index (χ1) is 24.3. The van der Waals surface area contributed by atoms with E-state index in [0.29, 0.717) is 5.56 Å². The number of carbonyl (C=O) groups is 6. The first-order valence-corrected chi connectivity index (χ1v) is 17.9. The quantitative estimate of drug-likeness (QED) is 0.117. The average Bonchev–Trinajstić information content (AvgIpc) is 3.53. The van der Waals surface area contributed by atoms with Crippen molar-refractivity contribution in [1.82, 2.24) is 10.6 Å². The van der Waals surface area contributed by atoms with Gasteiger partial charge < -0.3 is 24.8 Å². The summed E-state index contributed by atoms with van der Waals surface area (Å²) in [6, 6.07) is 9.86. The third-order valence-electron chi connectivity index (χ3n) is 7.53. The van der Waals surface area contributed by atoms with Gasteiger partial charge in [-0.2, -0.15) is 4.99 Å². The van der Waals surface area contributed by atoms with Gasteiger partial charge in [-0.25, -0.2) is 9.59 Å². The van der Waals surface area contributed by atoms with Gasteiger partial charge >= 0.3 is 18.0 Å². The number of carbonyl (C=O) groups excluding carboxylic acids is 6. The van der Waals surface area contributed by atoms with Gasteiger partial charge in [0.25, 0.3) is 11.8 Å². The lowest BCUT2D eigenvalue weighted by Crippen LogP contribution is -2.43. The third kappa shape index (κ3) is 14.7. The standard InChI is InChI=1S/C38H47Cl2N3O9/c1-37(2,3)51-31(45)21-25(42-36(49)52-38(4,5)6)20-23-11-9-12-24(19-23)33(46)41-22-26(44)17-18-30(35(48)50-27-13-7-8-14-27)43-34(47)32-28(39)15-10-16-29(32)40/h9-12,15-16,19,27,30H,7-8,13-14,17-18,20-22H2,1-6H3,(H,41,46)(H,43,47)/t30-/m0/s1. The predicted octanol–water partition coefficient (Wildman–Crippen LogP) is 7.01. The van der Waals surface area contributed by atoms with Crippen LogP contribution in [0.2, 0.25) is 10.0 Å². The highest BCUT2D eigenvalue weighted by Gasteiger charge is 2.29. The molecule has 0 aliphatic heterocycles. The number of esters is 2. The predicted molar refractivity (Wildman–Crippen MR) is 197 cm³/mol. The van der Waals surface area contributed by atoms with Crippen molar-refractivity contribution >= 4 is 64.5 Å². The Hall–Kier alpha value is -4.29. The monoisotopic (exact) mass is 759 g/mol. The van der Waals surface area contributed by atoms with E-state index >= 15 is 0 Å². The number of hydrogen-bond acceptors (Lipinski definition) is 9. The Labute approximate surface area is 314 Å². The third-order valence-corrected chi connectivity index (χ3v) is 8.16. The second kappa shape index (κ2) is 19.0. The Morgan fingerprint density at radius 3 is 2.10 bits per heavy atom. The average molecular weight is 761 g/mol. The molecule has 2 aromatic carbocycles. The van der Waals surface area contributed by atoms with Crippen LogP contribution in [-0.2, 0) is 35.0 Å². The zero-order chi connectivity index (χ0) is 38.6. The fraction of sp³-hybridized carbons (Fsp3) is 0.500. The molecule has 0 bridgehead atoms. The van der Waals surface area contributed by atoms with Gasteiger partial charge in [-0.05, 0) is 103 Å². The highest BCUT2D eigenvalue weighted by atomic mass is 35.5. The summed E-state index contributed by atoms with van der Waals surface area (Å²) in [5.74, 6) is -2.87. The fourth-order valence-corrected chi connectivity index (χ4v) is 5.85. The minimum absolute atomic E-state index is 0.00149. The maximum Gasteiger partial charge on any atom is 0.434 e. The van der Waals surface area contributed by atoms with E-state index in [1.807, 2.05) is 0 Å². The van der Waals surface area contributed by atoms with Crippen molar-refractivity contribution in [3.05, 3.63) is 69.2 Å². The summed E-state index contributed by atoms with van der Waals surface area (Å²) in [6.45, 7) is 9.91. The smallest absolute Gasteiger partial charge is 0.434 e. The molecular formula is C38H47Cl2N3O9. The van der Waals surface area contributed by atoms with Gasteiger partial charge in [0.1, 0.15) is 23.3 Å². The first kappa shape index (κ1) is 42.1. The van der Waals surface area contributed by atoms with Gasteiger partial charge in [0, 0.05) is 24.1 Å². The van der Waals surface area contributed by atoms with E-state index in [1.165, 1.54) is 12.1 Å². The molecule has 2 aromatic rings. The Balaban J connectivity index is 1.65. The topological polar surface area (TPSA) is 167 Å². The summed E-state index contributed by atoms with van der Waals surface area (Å²) in [4.78, 5) is 81.3. The minimum Gasteiger partial charge on any atom is -0.461 e. The zero-order valence-corrected chi connectivity index (χ0v) is 31.9. The number of hydrogen-bond donors (Lipinski definition) is 2. The van der Waals surface area contributed by atoms with E-state index in [0.717, 1.165) is 25.7 Å². The van der Waals surface area contributed by atoms with Crippen LogP contribution in [-0.4, -0.2) is 71.2 Å². The van der Waals surface area contributed by atoms with E-state index in [9.17, 15) is 28.8 Å². The number of rotatable bonds is 14. The van der Waals surface area contributed by atoms with E-state index in [2.05, 4.69) is 15.6 Å². The van der Waals surface area contributed by atoms with Crippen molar-refractivity contribution < 1.29 is 43.0 Å². The van der Waals surface area contributed by atoms with Crippen LogP contribution in [0, 0.1) is 0 Å². The summed E-state index contributed by atoms with van der Waals surface area (Å²) in [6.07, 6.45) is 1.70. The van der Waals surface area contributed by atoms with Gasteiger partial charge in [-0.3, -0.25) is 19.2 Å². The Morgan fingerprint density at radius 1 is 0.865 bits per heavy atom. The van der Waals surface area contributed by atoms with Crippen LogP contribution in [0.3, 0.4) is 0 Å². The number of benzene rings is 2. The molecular weight excluding hydrogens is 713 g/mol. The molecule has 0 radical (unpaired) electrons. The van der Waals surface area contributed by atoms with Crippen molar-refractivity contribution in [1.29, 1.82) is 0 Å². The Bertz CT molecular complexity index is 1650. The fourth-order valence-electron chi connectivity index (χ4n) is 5.28. The Morgan fingerprint density at radius 2 is 1.48 bits per heavy atom. The van der Waals surface area contributed by atoms with Crippen LogP contribution in [0.15, 0.2) is 47.5 Å². The molecule has 1 saturated carbocycles. The van der Waals surface area contributed by atoms with E-state index < -0.39 is 52.9 Å². The first-order valence-electron chi connectivity index (χ1n) is 17.1. The second-order valence-corrected chi connectivity index (χ2v) is 15.3. The molecule has 0 spiro atoms. The summed E-state index contributed by atoms with van der Waals surface area (Å²) in [7, 11) is 0. The molecule has 1 fully saturated rings. The van der Waals surface area contributed by atoms with Crippen LogP contribution >= 0.6 is 23.2 Å². The zero-order valence-electron chi connectivity index (χ0n) is 30.4. The molecule has 14 heteroatoms. The molecule has 282 valence electrons. The van der Waals surface area contributed by atoms with E-state index in [-0.39, 0.29) is 65.2 Å². The molecule has 1 aliphatic rings. The van der Waals surface area contributed by atoms with Gasteiger partial charge in [0.05, 0.1) is 28.6 Å². The lowest BCUT2D eigenvalue weighted by Gasteiger charge is -2.21. The normalized spacial score (nSPS) is 14.3. The van der Waals surface area contributed by atoms with Gasteiger partial charge in [0.2, 0.25) is 0 Å². The lowest BCUT2D eigenvalue weighted by molar-refractivity contribution is -0.153. The summed E-state index contributed by atoms with van der Waals surface area (Å²) in [5, 5.41) is 5.40. The van der Waals surface area contributed by atoms with Crippen molar-refractivity contribution in [2.75, 3.05) is 6.54 Å². The summed E-state index contributed by atoms with van der Waals surface area (Å²) < 4.78 is 16.3. The van der Waals surface area contributed by atoms with Crippen LogP contribution in [0.1, 0.15) is 113 Å². The molecule has 3 amide bonds. The number of Topliss-reactive ketones (excluding diaryl/α,β-unsaturated/α-hetero) is 1. The highest BCUT2D eigenvalue weighted by molar-refractivity contribution is 6.39. The number of nitrogens with one attached hydrogen (secondary N) is 2. The molecule has 1 atom stereocenters. The van der Waals surface area contributed by atoms with Crippen molar-refractivity contribution in [2.24, 2.45) is 4.99 Å². The van der Waals surface area contributed by atoms with Gasteiger partial charge in [-0.1, -0.05) is 41.4 Å². The molecule has 0 aromatic heterocycles. The molecule has 0 unspecified atom stereocenters. The molecule has 12 nitrogen and oxygen atoms in total. The van der Waals surface area contributed by atoms with Crippen LogP contribution in [0.5, 0.6) is 0 Å². The van der Waals surface area contributed by atoms with Crippen LogP contribution < -0.4 is 10.6 Å². The molecule has 1 aliphatic carbocycles. The number of ether oxygens (including phenoxy) is 3. The number of ketones is 1. The number of aliphatic imine (C=N–C) groups is 1. The molecule has 3 rings (SSSR count).